The van der Waals surface area contributed by atoms with E-state index < -0.39 is 23.0 Å². The number of rotatable bonds is 3. The zero-order valence-corrected chi connectivity index (χ0v) is 8.84. The van der Waals surface area contributed by atoms with Gasteiger partial charge in [-0.25, -0.2) is 18.0 Å². The number of anilines is 1. The fourth-order valence-corrected chi connectivity index (χ4v) is 1.96. The maximum absolute atomic E-state index is 12.0. The fraction of sp³-hybridized carbons (Fsp3) is 0.222. The molecule has 4 nitrogen and oxygen atoms in total. The lowest BCUT2D eigenvalue weighted by Gasteiger charge is -1.94. The number of fused-ring (bicyclic) bond motifs is 1. The quantitative estimate of drug-likeness (QED) is 0.838. The van der Waals surface area contributed by atoms with Gasteiger partial charge in [-0.2, -0.15) is 0 Å². The van der Waals surface area contributed by atoms with Crippen LogP contribution in [0.1, 0.15) is 0 Å². The maximum Gasteiger partial charge on any atom is 0.288 e. The standard InChI is InChI=1S/C9H8F2N2O2S/c10-8(11)4-16(14)9-13-6-2-1-5(12)3-7(6)15-9/h1-3,8H,4,12H2. The van der Waals surface area contributed by atoms with Crippen LogP contribution in [0.4, 0.5) is 14.5 Å². The van der Waals surface area contributed by atoms with Crippen LogP contribution in [0.2, 0.25) is 0 Å². The van der Waals surface area contributed by atoms with E-state index >= 15 is 0 Å². The van der Waals surface area contributed by atoms with E-state index in [-0.39, 0.29) is 5.22 Å². The van der Waals surface area contributed by atoms with Gasteiger partial charge in [0.05, 0.1) is 5.75 Å². The normalized spacial score (nSPS) is 13.4. The van der Waals surface area contributed by atoms with Gasteiger partial charge in [0.1, 0.15) is 16.3 Å². The smallest absolute Gasteiger partial charge is 0.288 e. The molecular formula is C9H8F2N2O2S. The van der Waals surface area contributed by atoms with Gasteiger partial charge in [-0.05, 0) is 12.1 Å². The summed E-state index contributed by atoms with van der Waals surface area (Å²) in [4.78, 5) is 3.85. The summed E-state index contributed by atoms with van der Waals surface area (Å²) in [7, 11) is -1.92. The van der Waals surface area contributed by atoms with Crippen LogP contribution >= 0.6 is 0 Å². The third-order valence-electron chi connectivity index (χ3n) is 1.86. The van der Waals surface area contributed by atoms with Gasteiger partial charge in [-0.3, -0.25) is 0 Å². The fourth-order valence-electron chi connectivity index (χ4n) is 1.20. The van der Waals surface area contributed by atoms with Crippen LogP contribution < -0.4 is 5.73 Å². The molecular weight excluding hydrogens is 238 g/mol. The van der Waals surface area contributed by atoms with Gasteiger partial charge in [-0.15, -0.1) is 0 Å². The maximum atomic E-state index is 12.0. The molecule has 1 aromatic heterocycles. The van der Waals surface area contributed by atoms with E-state index in [0.29, 0.717) is 16.8 Å². The predicted molar refractivity (Wildman–Crippen MR) is 55.7 cm³/mol. The van der Waals surface area contributed by atoms with E-state index in [1.165, 1.54) is 6.07 Å². The SMILES string of the molecule is Nc1ccc2nc(S(=O)CC(F)F)oc2c1. The Morgan fingerprint density at radius 1 is 1.50 bits per heavy atom. The largest absolute Gasteiger partial charge is 0.430 e. The summed E-state index contributed by atoms with van der Waals surface area (Å²) >= 11 is 0. The molecule has 1 atom stereocenters. The number of oxazole rings is 1. The average Bonchev–Trinajstić information content (AvgIpc) is 2.59. The Bertz CT molecular complexity index is 541. The van der Waals surface area contributed by atoms with E-state index in [4.69, 9.17) is 10.2 Å². The lowest BCUT2D eigenvalue weighted by Crippen LogP contribution is -2.06. The van der Waals surface area contributed by atoms with Crippen molar-refractivity contribution in [2.45, 2.75) is 11.6 Å². The van der Waals surface area contributed by atoms with E-state index in [0.717, 1.165) is 0 Å². The highest BCUT2D eigenvalue weighted by molar-refractivity contribution is 7.84. The highest BCUT2D eigenvalue weighted by Gasteiger charge is 2.17. The lowest BCUT2D eigenvalue weighted by atomic mass is 10.3. The highest BCUT2D eigenvalue weighted by atomic mass is 32.2. The number of aromatic nitrogens is 1. The second kappa shape index (κ2) is 4.17. The second-order valence-corrected chi connectivity index (χ2v) is 4.48. The summed E-state index contributed by atoms with van der Waals surface area (Å²) in [5.74, 6) is -0.775. The van der Waals surface area contributed by atoms with E-state index in [1.807, 2.05) is 0 Å². The summed E-state index contributed by atoms with van der Waals surface area (Å²) < 4.78 is 40.5. The van der Waals surface area contributed by atoms with Crippen LogP contribution in [0, 0.1) is 0 Å². The van der Waals surface area contributed by atoms with Crippen molar-refractivity contribution in [3.8, 4) is 0 Å². The summed E-state index contributed by atoms with van der Waals surface area (Å²) in [6, 6.07) is 4.69. The van der Waals surface area contributed by atoms with Crippen LogP contribution in [0.25, 0.3) is 11.1 Å². The Labute approximate surface area is 91.9 Å². The first kappa shape index (κ1) is 11.0. The molecule has 1 aromatic carbocycles. The monoisotopic (exact) mass is 246 g/mol. The van der Waals surface area contributed by atoms with Crippen LogP contribution in [-0.4, -0.2) is 21.4 Å². The van der Waals surface area contributed by atoms with Crippen molar-refractivity contribution < 1.29 is 17.4 Å². The number of nitrogens with zero attached hydrogens (tertiary/aromatic N) is 1. The molecule has 7 heteroatoms. The van der Waals surface area contributed by atoms with Gasteiger partial charge in [0, 0.05) is 11.8 Å². The molecule has 0 spiro atoms. The first-order valence-electron chi connectivity index (χ1n) is 4.39. The molecule has 0 aliphatic heterocycles. The van der Waals surface area contributed by atoms with Gasteiger partial charge in [-0.1, -0.05) is 0 Å². The molecule has 0 aliphatic carbocycles. The summed E-state index contributed by atoms with van der Waals surface area (Å²) in [6.45, 7) is 0. The molecule has 0 radical (unpaired) electrons. The molecule has 86 valence electrons. The Hall–Kier alpha value is -1.50. The molecule has 2 rings (SSSR count). The first-order chi connectivity index (χ1) is 7.56. The van der Waals surface area contributed by atoms with E-state index in [9.17, 15) is 13.0 Å². The van der Waals surface area contributed by atoms with Crippen molar-refractivity contribution in [3.05, 3.63) is 18.2 Å². The minimum Gasteiger partial charge on any atom is -0.430 e. The van der Waals surface area contributed by atoms with Gasteiger partial charge in [0.15, 0.2) is 5.58 Å². The number of hydrogen-bond donors (Lipinski definition) is 1. The van der Waals surface area contributed by atoms with Crippen molar-refractivity contribution >= 4 is 27.6 Å². The predicted octanol–water partition coefficient (Wildman–Crippen LogP) is 1.78. The van der Waals surface area contributed by atoms with Crippen molar-refractivity contribution in [2.75, 3.05) is 11.5 Å². The topological polar surface area (TPSA) is 69.1 Å². The number of alkyl halides is 2. The van der Waals surface area contributed by atoms with E-state index in [1.54, 1.807) is 12.1 Å². The van der Waals surface area contributed by atoms with Crippen molar-refractivity contribution in [1.82, 2.24) is 4.98 Å². The number of nitrogen functional groups attached to an aromatic ring is 1. The zero-order chi connectivity index (χ0) is 11.7. The van der Waals surface area contributed by atoms with Crippen LogP contribution in [0.3, 0.4) is 0 Å². The average molecular weight is 246 g/mol. The molecule has 1 heterocycles. The number of benzene rings is 1. The second-order valence-electron chi connectivity index (χ2n) is 3.11. The summed E-state index contributed by atoms with van der Waals surface area (Å²) in [6.07, 6.45) is -2.65. The number of nitrogens with two attached hydrogens (primary N) is 1. The zero-order valence-electron chi connectivity index (χ0n) is 8.02. The third-order valence-corrected chi connectivity index (χ3v) is 2.98. The van der Waals surface area contributed by atoms with Crippen LogP contribution in [0.5, 0.6) is 0 Å². The molecule has 0 bridgehead atoms. The molecule has 0 amide bonds. The highest BCUT2D eigenvalue weighted by Crippen LogP contribution is 2.20. The molecule has 1 unspecified atom stereocenters. The summed E-state index contributed by atoms with van der Waals surface area (Å²) in [5.41, 5.74) is 6.77. The molecule has 16 heavy (non-hydrogen) atoms. The first-order valence-corrected chi connectivity index (χ1v) is 5.71. The molecule has 2 aromatic rings. The summed E-state index contributed by atoms with van der Waals surface area (Å²) in [5, 5.41) is -0.194. The minimum absolute atomic E-state index is 0.194. The number of halogens is 2. The van der Waals surface area contributed by atoms with Gasteiger partial charge >= 0.3 is 0 Å². The van der Waals surface area contributed by atoms with Gasteiger partial charge in [0.25, 0.3) is 11.6 Å². The molecule has 0 fully saturated rings. The number of hydrogen-bond acceptors (Lipinski definition) is 4. The van der Waals surface area contributed by atoms with Crippen molar-refractivity contribution in [3.63, 3.8) is 0 Å². The lowest BCUT2D eigenvalue weighted by molar-refractivity contribution is 0.175. The van der Waals surface area contributed by atoms with Crippen LogP contribution in [-0.2, 0) is 10.8 Å². The minimum atomic E-state index is -2.65. The van der Waals surface area contributed by atoms with Gasteiger partial charge < -0.3 is 10.2 Å². The van der Waals surface area contributed by atoms with Crippen LogP contribution in [0.15, 0.2) is 27.8 Å². The molecule has 0 aliphatic rings. The Kier molecular flexibility index (Phi) is 2.86. The Morgan fingerprint density at radius 3 is 2.94 bits per heavy atom. The van der Waals surface area contributed by atoms with Crippen molar-refractivity contribution in [2.24, 2.45) is 0 Å². The van der Waals surface area contributed by atoms with Crippen molar-refractivity contribution in [1.29, 1.82) is 0 Å². The Morgan fingerprint density at radius 2 is 2.25 bits per heavy atom. The van der Waals surface area contributed by atoms with Gasteiger partial charge in [0.2, 0.25) is 0 Å². The van der Waals surface area contributed by atoms with E-state index in [2.05, 4.69) is 4.98 Å². The molecule has 2 N–H and O–H groups in total. The Balaban J connectivity index is 2.36. The molecule has 0 saturated heterocycles. The third kappa shape index (κ3) is 2.19. The molecule has 0 saturated carbocycles.